The van der Waals surface area contributed by atoms with Gasteiger partial charge in [-0.05, 0) is 51.8 Å². The number of nitrogens with two attached hydrogens (primary N) is 1. The first-order chi connectivity index (χ1) is 9.58. The molecule has 2 rings (SSSR count). The van der Waals surface area contributed by atoms with E-state index in [1.54, 1.807) is 25.3 Å². The molecule has 0 spiro atoms. The minimum atomic E-state index is -0.0770. The summed E-state index contributed by atoms with van der Waals surface area (Å²) < 4.78 is 5.84. The summed E-state index contributed by atoms with van der Waals surface area (Å²) in [6.45, 7) is 0. The first-order valence-electron chi connectivity index (χ1n) is 6.06. The molecule has 4 nitrogen and oxygen atoms in total. The van der Waals surface area contributed by atoms with Crippen LogP contribution in [0.4, 0.5) is 11.4 Å². The molecule has 0 unspecified atom stereocenters. The molecule has 0 heterocycles. The van der Waals surface area contributed by atoms with E-state index in [0.29, 0.717) is 17.8 Å². The molecule has 0 aliphatic rings. The maximum atomic E-state index is 11.9. The zero-order chi connectivity index (χ0) is 14.5. The third kappa shape index (κ3) is 3.74. The van der Waals surface area contributed by atoms with Crippen molar-refractivity contribution in [2.45, 2.75) is 6.42 Å². The van der Waals surface area contributed by atoms with Crippen LogP contribution in [-0.2, 0) is 11.2 Å². The van der Waals surface area contributed by atoms with Crippen molar-refractivity contribution in [2.75, 3.05) is 18.2 Å². The van der Waals surface area contributed by atoms with Gasteiger partial charge in [0, 0.05) is 15.8 Å². The topological polar surface area (TPSA) is 64.3 Å². The van der Waals surface area contributed by atoms with Gasteiger partial charge in [-0.25, -0.2) is 0 Å². The smallest absolute Gasteiger partial charge is 0.228 e. The lowest BCUT2D eigenvalue weighted by Gasteiger charge is -2.07. The highest BCUT2D eigenvalue weighted by atomic mass is 79.9. The van der Waals surface area contributed by atoms with Gasteiger partial charge in [-0.1, -0.05) is 12.1 Å². The fourth-order valence-corrected chi connectivity index (χ4v) is 2.12. The van der Waals surface area contributed by atoms with Gasteiger partial charge in [0.2, 0.25) is 5.91 Å². The van der Waals surface area contributed by atoms with Crippen LogP contribution in [0.1, 0.15) is 5.56 Å². The Morgan fingerprint density at radius 2 is 1.95 bits per heavy atom. The zero-order valence-electron chi connectivity index (χ0n) is 11.0. The molecule has 0 aliphatic carbocycles. The Hall–Kier alpha value is -2.01. The minimum Gasteiger partial charge on any atom is -0.497 e. The maximum absolute atomic E-state index is 11.9. The van der Waals surface area contributed by atoms with E-state index in [2.05, 4.69) is 21.2 Å². The number of carbonyl (C=O) groups is 1. The summed E-state index contributed by atoms with van der Waals surface area (Å²) in [5.41, 5.74) is 7.98. The Bertz CT molecular complexity index is 612. The van der Waals surface area contributed by atoms with Crippen LogP contribution in [0.5, 0.6) is 5.75 Å². The third-order valence-electron chi connectivity index (χ3n) is 2.81. The normalized spacial score (nSPS) is 10.1. The maximum Gasteiger partial charge on any atom is 0.228 e. The fraction of sp³-hybridized carbons (Fsp3) is 0.133. The molecule has 0 saturated heterocycles. The lowest BCUT2D eigenvalue weighted by molar-refractivity contribution is -0.115. The van der Waals surface area contributed by atoms with Gasteiger partial charge in [0.1, 0.15) is 5.75 Å². The monoisotopic (exact) mass is 334 g/mol. The van der Waals surface area contributed by atoms with Crippen molar-refractivity contribution >= 4 is 33.2 Å². The number of ether oxygens (including phenoxy) is 1. The fourth-order valence-electron chi connectivity index (χ4n) is 1.74. The highest BCUT2D eigenvalue weighted by molar-refractivity contribution is 9.10. The Morgan fingerprint density at radius 1 is 1.25 bits per heavy atom. The van der Waals surface area contributed by atoms with Crippen LogP contribution in [0.25, 0.3) is 0 Å². The molecule has 1 amide bonds. The van der Waals surface area contributed by atoms with Crippen LogP contribution in [-0.4, -0.2) is 13.0 Å². The van der Waals surface area contributed by atoms with Gasteiger partial charge in [0.15, 0.2) is 0 Å². The summed E-state index contributed by atoms with van der Waals surface area (Å²) in [6, 6.07) is 12.7. The second kappa shape index (κ2) is 6.43. The Labute approximate surface area is 126 Å². The van der Waals surface area contributed by atoms with E-state index >= 15 is 0 Å². The van der Waals surface area contributed by atoms with E-state index in [1.165, 1.54) is 0 Å². The van der Waals surface area contributed by atoms with Gasteiger partial charge < -0.3 is 15.8 Å². The average Bonchev–Trinajstić information content (AvgIpc) is 2.44. The van der Waals surface area contributed by atoms with E-state index in [0.717, 1.165) is 15.8 Å². The Morgan fingerprint density at radius 3 is 2.55 bits per heavy atom. The first kappa shape index (κ1) is 14.4. The number of hydrogen-bond donors (Lipinski definition) is 2. The van der Waals surface area contributed by atoms with Crippen LogP contribution in [0, 0.1) is 0 Å². The number of halogens is 1. The van der Waals surface area contributed by atoms with Crippen molar-refractivity contribution < 1.29 is 9.53 Å². The quantitative estimate of drug-likeness (QED) is 0.843. The minimum absolute atomic E-state index is 0.0770. The van der Waals surface area contributed by atoms with Crippen molar-refractivity contribution in [3.05, 3.63) is 52.5 Å². The summed E-state index contributed by atoms with van der Waals surface area (Å²) in [4.78, 5) is 11.9. The average molecular weight is 335 g/mol. The first-order valence-corrected chi connectivity index (χ1v) is 6.85. The zero-order valence-corrected chi connectivity index (χ0v) is 12.6. The summed E-state index contributed by atoms with van der Waals surface area (Å²) in [7, 11) is 1.61. The van der Waals surface area contributed by atoms with Crippen molar-refractivity contribution in [2.24, 2.45) is 0 Å². The highest BCUT2D eigenvalue weighted by Gasteiger charge is 2.05. The summed E-state index contributed by atoms with van der Waals surface area (Å²) in [5.74, 6) is 0.698. The second-order valence-corrected chi connectivity index (χ2v) is 5.16. The summed E-state index contributed by atoms with van der Waals surface area (Å²) in [5, 5.41) is 2.83. The lowest BCUT2D eigenvalue weighted by Crippen LogP contribution is -2.14. The van der Waals surface area contributed by atoms with Crippen LogP contribution in [0.2, 0.25) is 0 Å². The van der Waals surface area contributed by atoms with Gasteiger partial charge in [-0.2, -0.15) is 0 Å². The molecular weight excluding hydrogens is 320 g/mol. The van der Waals surface area contributed by atoms with Crippen molar-refractivity contribution in [3.8, 4) is 5.75 Å². The SMILES string of the molecule is COc1ccc(CC(=O)Nc2ccc(N)c(Br)c2)cc1. The molecule has 104 valence electrons. The third-order valence-corrected chi connectivity index (χ3v) is 3.49. The number of hydrogen-bond acceptors (Lipinski definition) is 3. The summed E-state index contributed by atoms with van der Waals surface area (Å²) >= 11 is 3.33. The summed E-state index contributed by atoms with van der Waals surface area (Å²) in [6.07, 6.45) is 0.311. The molecule has 0 saturated carbocycles. The number of rotatable bonds is 4. The largest absolute Gasteiger partial charge is 0.497 e. The molecule has 0 aliphatic heterocycles. The number of methoxy groups -OCH3 is 1. The standard InChI is InChI=1S/C15H15BrN2O2/c1-20-12-5-2-10(3-6-12)8-15(19)18-11-4-7-14(17)13(16)9-11/h2-7,9H,8,17H2,1H3,(H,18,19). The molecule has 20 heavy (non-hydrogen) atoms. The van der Waals surface area contributed by atoms with Crippen LogP contribution < -0.4 is 15.8 Å². The van der Waals surface area contributed by atoms with Crippen molar-refractivity contribution in [1.82, 2.24) is 0 Å². The van der Waals surface area contributed by atoms with E-state index in [1.807, 2.05) is 24.3 Å². The highest BCUT2D eigenvalue weighted by Crippen LogP contribution is 2.23. The number of benzene rings is 2. The van der Waals surface area contributed by atoms with Gasteiger partial charge in [0.05, 0.1) is 13.5 Å². The number of anilines is 2. The Balaban J connectivity index is 1.99. The molecule has 3 N–H and O–H groups in total. The van der Waals surface area contributed by atoms with Crippen molar-refractivity contribution in [1.29, 1.82) is 0 Å². The number of amides is 1. The predicted octanol–water partition coefficient (Wildman–Crippen LogP) is 3.22. The van der Waals surface area contributed by atoms with Gasteiger partial charge in [-0.3, -0.25) is 4.79 Å². The predicted molar refractivity (Wildman–Crippen MR) is 83.9 cm³/mol. The van der Waals surface area contributed by atoms with Gasteiger partial charge in [0.25, 0.3) is 0 Å². The molecule has 0 bridgehead atoms. The van der Waals surface area contributed by atoms with Gasteiger partial charge in [-0.15, -0.1) is 0 Å². The van der Waals surface area contributed by atoms with E-state index in [-0.39, 0.29) is 5.91 Å². The van der Waals surface area contributed by atoms with Crippen molar-refractivity contribution in [3.63, 3.8) is 0 Å². The number of nitrogens with one attached hydrogen (secondary N) is 1. The van der Waals surface area contributed by atoms with E-state index in [9.17, 15) is 4.79 Å². The number of nitrogen functional groups attached to an aromatic ring is 1. The lowest BCUT2D eigenvalue weighted by atomic mass is 10.1. The Kier molecular flexibility index (Phi) is 4.63. The van der Waals surface area contributed by atoms with Gasteiger partial charge >= 0.3 is 0 Å². The molecule has 0 radical (unpaired) electrons. The molecule has 0 fully saturated rings. The second-order valence-electron chi connectivity index (χ2n) is 4.31. The molecule has 0 atom stereocenters. The van der Waals surface area contributed by atoms with Crippen LogP contribution in [0.15, 0.2) is 46.9 Å². The molecule has 2 aromatic rings. The van der Waals surface area contributed by atoms with E-state index < -0.39 is 0 Å². The van der Waals surface area contributed by atoms with Crippen LogP contribution >= 0.6 is 15.9 Å². The van der Waals surface area contributed by atoms with E-state index in [4.69, 9.17) is 10.5 Å². The molecule has 2 aromatic carbocycles. The molecule has 0 aromatic heterocycles. The number of carbonyl (C=O) groups excluding carboxylic acids is 1. The molecule has 5 heteroatoms. The molecular formula is C15H15BrN2O2. The van der Waals surface area contributed by atoms with Crippen LogP contribution in [0.3, 0.4) is 0 Å².